The number of nitrogens with zero attached hydrogens (tertiary/aromatic N) is 2. The summed E-state index contributed by atoms with van der Waals surface area (Å²) in [7, 11) is 0. The van der Waals surface area contributed by atoms with Crippen LogP contribution in [0.5, 0.6) is 0 Å². The zero-order chi connectivity index (χ0) is 24.2. The van der Waals surface area contributed by atoms with Gasteiger partial charge in [-0.3, -0.25) is 4.79 Å². The van der Waals surface area contributed by atoms with Crippen molar-refractivity contribution in [3.05, 3.63) is 89.7 Å². The minimum atomic E-state index is -0.289. The van der Waals surface area contributed by atoms with Crippen molar-refractivity contribution < 1.29 is 13.6 Å². The van der Waals surface area contributed by atoms with Crippen molar-refractivity contribution in [2.75, 3.05) is 0 Å². The lowest BCUT2D eigenvalue weighted by Crippen LogP contribution is -2.22. The second kappa shape index (κ2) is 10.3. The molecule has 0 aliphatic heterocycles. The summed E-state index contributed by atoms with van der Waals surface area (Å²) in [5.74, 6) is 0.294. The van der Waals surface area contributed by atoms with Crippen LogP contribution in [-0.2, 0) is 13.0 Å². The Morgan fingerprint density at radius 1 is 1.00 bits per heavy atom. The predicted octanol–water partition coefficient (Wildman–Crippen LogP) is 6.95. The topological polar surface area (TPSA) is 60.1 Å². The van der Waals surface area contributed by atoms with E-state index in [1.807, 2.05) is 24.5 Å². The minimum Gasteiger partial charge on any atom is -0.449 e. The quantitative estimate of drug-likeness (QED) is 0.317. The van der Waals surface area contributed by atoms with Gasteiger partial charge in [-0.25, -0.2) is 9.37 Å². The van der Waals surface area contributed by atoms with Gasteiger partial charge >= 0.3 is 0 Å². The van der Waals surface area contributed by atoms with E-state index < -0.39 is 0 Å². The number of imidazole rings is 1. The van der Waals surface area contributed by atoms with Crippen LogP contribution in [0.3, 0.4) is 0 Å². The molecule has 35 heavy (non-hydrogen) atoms. The molecule has 0 saturated heterocycles. The summed E-state index contributed by atoms with van der Waals surface area (Å²) in [6.07, 6.45) is 8.61. The van der Waals surface area contributed by atoms with Crippen LogP contribution in [0, 0.1) is 5.82 Å². The maximum absolute atomic E-state index is 13.6. The van der Waals surface area contributed by atoms with Gasteiger partial charge in [-0.1, -0.05) is 50.5 Å². The third kappa shape index (κ3) is 5.06. The third-order valence-electron chi connectivity index (χ3n) is 6.83. The van der Waals surface area contributed by atoms with E-state index in [0.717, 1.165) is 41.8 Å². The molecule has 2 aromatic heterocycles. The number of furan rings is 1. The summed E-state index contributed by atoms with van der Waals surface area (Å²) in [4.78, 5) is 17.5. The van der Waals surface area contributed by atoms with Crippen LogP contribution in [0.4, 0.5) is 4.39 Å². The van der Waals surface area contributed by atoms with Gasteiger partial charge in [0, 0.05) is 18.2 Å². The van der Waals surface area contributed by atoms with E-state index in [0.29, 0.717) is 18.3 Å². The predicted molar refractivity (Wildman–Crippen MR) is 134 cm³/mol. The third-order valence-corrected chi connectivity index (χ3v) is 6.83. The fourth-order valence-corrected chi connectivity index (χ4v) is 4.81. The molecule has 180 valence electrons. The summed E-state index contributed by atoms with van der Waals surface area (Å²) < 4.78 is 21.8. The average molecular weight is 472 g/mol. The van der Waals surface area contributed by atoms with Gasteiger partial charge in [0.25, 0.3) is 5.91 Å². The molecule has 1 saturated carbocycles. The lowest BCUT2D eigenvalue weighted by Gasteiger charge is -2.24. The minimum absolute atomic E-state index is 0.256. The summed E-state index contributed by atoms with van der Waals surface area (Å²) in [5.41, 5.74) is 4.68. The van der Waals surface area contributed by atoms with Gasteiger partial charge in [-0.05, 0) is 66.8 Å². The first-order chi connectivity index (χ1) is 17.1. The van der Waals surface area contributed by atoms with Crippen LogP contribution in [0.25, 0.3) is 22.7 Å². The number of benzene rings is 2. The van der Waals surface area contributed by atoms with Crippen LogP contribution in [0.15, 0.2) is 71.4 Å². The molecule has 0 bridgehead atoms. The Kier molecular flexibility index (Phi) is 6.80. The molecule has 0 atom stereocenters. The number of rotatable bonds is 7. The van der Waals surface area contributed by atoms with E-state index >= 15 is 0 Å². The van der Waals surface area contributed by atoms with Crippen molar-refractivity contribution in [2.45, 2.75) is 58.0 Å². The SMILES string of the molecule is CCc1ccc(CNC(=O)c2ccc(-c3c(-c4ccc(F)cc4)ncn3C3CCCCC3)o2)cc1. The van der Waals surface area contributed by atoms with E-state index in [1.54, 1.807) is 18.2 Å². The molecule has 1 amide bonds. The second-order valence-corrected chi connectivity index (χ2v) is 9.16. The number of halogens is 1. The maximum atomic E-state index is 13.6. The standard InChI is InChI=1S/C29H30FN3O2/c1-2-20-8-10-21(11-9-20)18-31-29(34)26-17-16-25(35-26)28-27(22-12-14-23(30)15-13-22)32-19-33(28)24-6-4-3-5-7-24/h8-17,19,24H,2-7,18H2,1H3,(H,31,34). The highest BCUT2D eigenvalue weighted by Gasteiger charge is 2.25. The molecule has 5 nitrogen and oxygen atoms in total. The van der Waals surface area contributed by atoms with E-state index in [4.69, 9.17) is 9.40 Å². The first-order valence-electron chi connectivity index (χ1n) is 12.4. The highest BCUT2D eigenvalue weighted by Crippen LogP contribution is 2.38. The zero-order valence-electron chi connectivity index (χ0n) is 20.0. The van der Waals surface area contributed by atoms with Crippen molar-refractivity contribution in [2.24, 2.45) is 0 Å². The van der Waals surface area contributed by atoms with Gasteiger partial charge in [0.05, 0.1) is 12.0 Å². The van der Waals surface area contributed by atoms with Gasteiger partial charge < -0.3 is 14.3 Å². The van der Waals surface area contributed by atoms with Gasteiger partial charge in [0.2, 0.25) is 0 Å². The molecular weight excluding hydrogens is 441 g/mol. The first-order valence-corrected chi connectivity index (χ1v) is 12.4. The van der Waals surface area contributed by atoms with Crippen LogP contribution >= 0.6 is 0 Å². The number of aromatic nitrogens is 2. The summed E-state index contributed by atoms with van der Waals surface area (Å²) in [6, 6.07) is 18.4. The number of hydrogen-bond donors (Lipinski definition) is 1. The highest BCUT2D eigenvalue weighted by molar-refractivity contribution is 5.92. The highest BCUT2D eigenvalue weighted by atomic mass is 19.1. The van der Waals surface area contributed by atoms with E-state index in [1.165, 1.54) is 37.0 Å². The molecule has 1 aliphatic carbocycles. The van der Waals surface area contributed by atoms with Crippen molar-refractivity contribution in [1.82, 2.24) is 14.9 Å². The Hall–Kier alpha value is -3.67. The van der Waals surface area contributed by atoms with Gasteiger partial charge in [-0.2, -0.15) is 0 Å². The number of carbonyl (C=O) groups excluding carboxylic acids is 1. The largest absolute Gasteiger partial charge is 0.449 e. The molecule has 0 spiro atoms. The fraction of sp³-hybridized carbons (Fsp3) is 0.310. The van der Waals surface area contributed by atoms with Gasteiger partial charge in [-0.15, -0.1) is 0 Å². The number of carbonyl (C=O) groups is 1. The number of hydrogen-bond acceptors (Lipinski definition) is 3. The van der Waals surface area contributed by atoms with Gasteiger partial charge in [0.1, 0.15) is 11.5 Å². The van der Waals surface area contributed by atoms with Crippen LogP contribution in [-0.4, -0.2) is 15.5 Å². The van der Waals surface area contributed by atoms with Crippen molar-refractivity contribution in [1.29, 1.82) is 0 Å². The molecule has 2 heterocycles. The smallest absolute Gasteiger partial charge is 0.287 e. The lowest BCUT2D eigenvalue weighted by molar-refractivity contribution is 0.0924. The van der Waals surface area contributed by atoms with E-state index in [9.17, 15) is 9.18 Å². The van der Waals surface area contributed by atoms with E-state index in [2.05, 4.69) is 28.9 Å². The molecule has 5 rings (SSSR count). The monoisotopic (exact) mass is 471 g/mol. The van der Waals surface area contributed by atoms with E-state index in [-0.39, 0.29) is 17.5 Å². The number of nitrogens with one attached hydrogen (secondary N) is 1. The Bertz CT molecular complexity index is 1280. The summed E-state index contributed by atoms with van der Waals surface area (Å²) in [5, 5.41) is 2.95. The summed E-state index contributed by atoms with van der Waals surface area (Å²) in [6.45, 7) is 2.55. The molecule has 0 unspecified atom stereocenters. The normalized spacial score (nSPS) is 14.2. The van der Waals surface area contributed by atoms with Crippen molar-refractivity contribution >= 4 is 5.91 Å². The summed E-state index contributed by atoms with van der Waals surface area (Å²) >= 11 is 0. The molecule has 1 N–H and O–H groups in total. The van der Waals surface area contributed by atoms with Crippen molar-refractivity contribution in [3.8, 4) is 22.7 Å². The van der Waals surface area contributed by atoms with Crippen LogP contribution in [0.1, 0.15) is 66.8 Å². The molecule has 2 aromatic carbocycles. The Morgan fingerprint density at radius 2 is 1.71 bits per heavy atom. The first kappa shape index (κ1) is 23.1. The second-order valence-electron chi connectivity index (χ2n) is 9.16. The number of amides is 1. The van der Waals surface area contributed by atoms with Gasteiger partial charge in [0.15, 0.2) is 11.5 Å². The molecule has 4 aromatic rings. The lowest BCUT2D eigenvalue weighted by atomic mass is 9.95. The molecule has 6 heteroatoms. The van der Waals surface area contributed by atoms with Crippen LogP contribution in [0.2, 0.25) is 0 Å². The Labute approximate surface area is 205 Å². The number of aryl methyl sites for hydroxylation is 1. The Morgan fingerprint density at radius 3 is 2.43 bits per heavy atom. The Balaban J connectivity index is 1.41. The zero-order valence-corrected chi connectivity index (χ0v) is 20.0. The molecule has 1 fully saturated rings. The van der Waals surface area contributed by atoms with Crippen LogP contribution < -0.4 is 5.32 Å². The molecule has 0 radical (unpaired) electrons. The average Bonchev–Trinajstić information content (AvgIpc) is 3.56. The molecular formula is C29H30FN3O2. The fourth-order valence-electron chi connectivity index (χ4n) is 4.81. The van der Waals surface area contributed by atoms with Crippen molar-refractivity contribution in [3.63, 3.8) is 0 Å². The maximum Gasteiger partial charge on any atom is 0.287 e. The molecule has 1 aliphatic rings.